The van der Waals surface area contributed by atoms with Crippen LogP contribution < -0.4 is 10.1 Å². The fourth-order valence-electron chi connectivity index (χ4n) is 3.86. The van der Waals surface area contributed by atoms with Crippen molar-refractivity contribution in [2.45, 2.75) is 20.0 Å². The van der Waals surface area contributed by atoms with Crippen LogP contribution in [0.15, 0.2) is 101 Å². The molecule has 1 aliphatic rings. The minimum absolute atomic E-state index is 0.534. The lowest BCUT2D eigenvalue weighted by atomic mass is 10.0. The average molecular weight is 433 g/mol. The van der Waals surface area contributed by atoms with Crippen LogP contribution in [0.1, 0.15) is 30.2 Å². The van der Waals surface area contributed by atoms with Crippen LogP contribution in [-0.4, -0.2) is 31.8 Å². The zero-order valence-corrected chi connectivity index (χ0v) is 19.2. The Morgan fingerprint density at radius 3 is 2.58 bits per heavy atom. The number of nitrogens with one attached hydrogen (secondary N) is 1. The smallest absolute Gasteiger partial charge is 0.234 e. The highest BCUT2D eigenvalue weighted by molar-refractivity contribution is 6.11. The first-order valence-corrected chi connectivity index (χ1v) is 11.2. The van der Waals surface area contributed by atoms with E-state index in [1.165, 1.54) is 0 Å². The van der Waals surface area contributed by atoms with Gasteiger partial charge in [-0.05, 0) is 80.7 Å². The number of hydrogen-bond acceptors (Lipinski definition) is 3. The van der Waals surface area contributed by atoms with Crippen LogP contribution in [0.5, 0.6) is 5.75 Å². The Hall–Kier alpha value is -3.57. The van der Waals surface area contributed by atoms with Crippen LogP contribution >= 0.6 is 0 Å². The van der Waals surface area contributed by atoms with Crippen molar-refractivity contribution in [1.29, 1.82) is 0 Å². The second kappa shape index (κ2) is 10.8. The molecule has 4 rings (SSSR count). The first kappa shape index (κ1) is 22.6. The fourth-order valence-corrected chi connectivity index (χ4v) is 3.86. The van der Waals surface area contributed by atoms with E-state index in [1.807, 2.05) is 67.9 Å². The molecule has 164 valence electrons. The Morgan fingerprint density at radius 2 is 1.82 bits per heavy atom. The van der Waals surface area contributed by atoms with Gasteiger partial charge >= 0.3 is 0 Å². The number of para-hydroxylation sites is 1. The molecular formula is C28H28BN3O. The molecule has 2 aromatic carbocycles. The Labute approximate surface area is 197 Å². The van der Waals surface area contributed by atoms with Crippen LogP contribution in [0.3, 0.4) is 0 Å². The summed E-state index contributed by atoms with van der Waals surface area (Å²) < 4.78 is 7.75. The lowest BCUT2D eigenvalue weighted by Crippen LogP contribution is -2.10. The minimum atomic E-state index is 0.534. The van der Waals surface area contributed by atoms with Gasteiger partial charge in [0.1, 0.15) is 12.4 Å². The van der Waals surface area contributed by atoms with E-state index >= 15 is 0 Å². The van der Waals surface area contributed by atoms with Gasteiger partial charge in [0.05, 0.1) is 11.4 Å². The van der Waals surface area contributed by atoms with E-state index in [0.29, 0.717) is 6.61 Å². The summed E-state index contributed by atoms with van der Waals surface area (Å²) in [6, 6.07) is 22.2. The van der Waals surface area contributed by atoms with Crippen molar-refractivity contribution >= 4 is 25.3 Å². The standard InChI is InChI=1S/C28H28BN3O/c1-21-19-24(31-28(21)25(16-17-30-2)26-12-8-18-32(26)29)15-14-23-11-6-7-13-27(23)33-20-22-9-4-3-5-10-22/h3-15,18-19,30H,16-17,20H2,1-2H3. The molecule has 1 aromatic heterocycles. The van der Waals surface area contributed by atoms with Crippen molar-refractivity contribution in [2.24, 2.45) is 4.99 Å². The third-order valence-corrected chi connectivity index (χ3v) is 5.57. The van der Waals surface area contributed by atoms with Gasteiger partial charge in [0.25, 0.3) is 0 Å². The SMILES string of the molecule is [B]n1cccc1C(CCNC)=C1N=C(C=Cc2ccccc2OCc2ccccc2)C=C1C. The predicted octanol–water partition coefficient (Wildman–Crippen LogP) is 5.43. The van der Waals surface area contributed by atoms with E-state index in [0.717, 1.165) is 58.1 Å². The third kappa shape index (κ3) is 5.63. The lowest BCUT2D eigenvalue weighted by Gasteiger charge is -2.12. The molecule has 4 nitrogen and oxygen atoms in total. The number of ether oxygens (including phenoxy) is 1. The number of nitrogens with zero attached hydrogens (tertiary/aromatic N) is 2. The van der Waals surface area contributed by atoms with E-state index in [2.05, 4.69) is 42.6 Å². The van der Waals surface area contributed by atoms with Gasteiger partial charge in [-0.25, -0.2) is 4.99 Å². The first-order valence-electron chi connectivity index (χ1n) is 11.2. The number of benzene rings is 2. The summed E-state index contributed by atoms with van der Waals surface area (Å²) >= 11 is 0. The zero-order valence-electron chi connectivity index (χ0n) is 19.2. The predicted molar refractivity (Wildman–Crippen MR) is 138 cm³/mol. The Morgan fingerprint density at radius 1 is 1.03 bits per heavy atom. The molecule has 5 heteroatoms. The summed E-state index contributed by atoms with van der Waals surface area (Å²) in [5, 5.41) is 3.23. The number of aliphatic imine (C=N–C) groups is 1. The molecule has 1 aliphatic heterocycles. The minimum Gasteiger partial charge on any atom is -0.488 e. The third-order valence-electron chi connectivity index (χ3n) is 5.57. The van der Waals surface area contributed by atoms with Crippen LogP contribution in [0.4, 0.5) is 0 Å². The molecule has 0 aliphatic carbocycles. The zero-order chi connectivity index (χ0) is 23.0. The molecule has 0 bridgehead atoms. The van der Waals surface area contributed by atoms with Crippen molar-refractivity contribution in [3.63, 3.8) is 0 Å². The Kier molecular flexibility index (Phi) is 7.43. The molecule has 0 unspecified atom stereocenters. The maximum Gasteiger partial charge on any atom is 0.234 e. The van der Waals surface area contributed by atoms with Gasteiger partial charge in [-0.2, -0.15) is 0 Å². The lowest BCUT2D eigenvalue weighted by molar-refractivity contribution is 0.305. The van der Waals surface area contributed by atoms with Crippen LogP contribution in [0.25, 0.3) is 11.6 Å². The van der Waals surface area contributed by atoms with Gasteiger partial charge in [-0.15, -0.1) is 0 Å². The van der Waals surface area contributed by atoms with Gasteiger partial charge in [0.15, 0.2) is 0 Å². The fraction of sp³-hybridized carbons (Fsp3) is 0.179. The largest absolute Gasteiger partial charge is 0.488 e. The number of rotatable bonds is 9. The van der Waals surface area contributed by atoms with Crippen LogP contribution in [0, 0.1) is 0 Å². The Bertz CT molecular complexity index is 1220. The molecule has 33 heavy (non-hydrogen) atoms. The summed E-state index contributed by atoms with van der Waals surface area (Å²) in [6.07, 6.45) is 8.92. The van der Waals surface area contributed by atoms with Crippen LogP contribution in [0.2, 0.25) is 0 Å². The van der Waals surface area contributed by atoms with Crippen molar-refractivity contribution < 1.29 is 4.74 Å². The number of allylic oxidation sites excluding steroid dienone is 3. The van der Waals surface area contributed by atoms with E-state index in [9.17, 15) is 0 Å². The van der Waals surface area contributed by atoms with Gasteiger partial charge < -0.3 is 14.5 Å². The topological polar surface area (TPSA) is 38.5 Å². The van der Waals surface area contributed by atoms with E-state index < -0.39 is 0 Å². The van der Waals surface area contributed by atoms with E-state index in [1.54, 1.807) is 4.48 Å². The highest BCUT2D eigenvalue weighted by atomic mass is 16.5. The molecule has 0 spiro atoms. The summed E-state index contributed by atoms with van der Waals surface area (Å²) in [7, 11) is 8.10. The highest BCUT2D eigenvalue weighted by Gasteiger charge is 2.17. The first-order chi connectivity index (χ1) is 16.2. The molecule has 0 fully saturated rings. The quantitative estimate of drug-likeness (QED) is 0.457. The van der Waals surface area contributed by atoms with Gasteiger partial charge in [-0.1, -0.05) is 48.5 Å². The number of hydrogen-bond donors (Lipinski definition) is 1. The molecule has 0 amide bonds. The van der Waals surface area contributed by atoms with Crippen LogP contribution in [-0.2, 0) is 6.61 Å². The molecule has 2 radical (unpaired) electrons. The summed E-state index contributed by atoms with van der Waals surface area (Å²) in [5.41, 5.74) is 7.33. The molecule has 0 saturated carbocycles. The van der Waals surface area contributed by atoms with E-state index in [-0.39, 0.29) is 0 Å². The van der Waals surface area contributed by atoms with Gasteiger partial charge in [-0.3, -0.25) is 0 Å². The molecule has 0 atom stereocenters. The molecule has 0 saturated heterocycles. The highest BCUT2D eigenvalue weighted by Crippen LogP contribution is 2.31. The maximum atomic E-state index is 6.15. The Balaban J connectivity index is 1.57. The monoisotopic (exact) mass is 433 g/mol. The van der Waals surface area contributed by atoms with Crippen molar-refractivity contribution in [3.8, 4) is 5.75 Å². The summed E-state index contributed by atoms with van der Waals surface area (Å²) in [4.78, 5) is 4.94. The molecule has 2 heterocycles. The second-order valence-corrected chi connectivity index (χ2v) is 7.99. The number of aromatic nitrogens is 1. The summed E-state index contributed by atoms with van der Waals surface area (Å²) in [6.45, 7) is 3.48. The molecule has 1 N–H and O–H groups in total. The second-order valence-electron chi connectivity index (χ2n) is 7.99. The van der Waals surface area contributed by atoms with E-state index in [4.69, 9.17) is 17.7 Å². The molecule has 3 aromatic rings. The normalized spacial score (nSPS) is 15.0. The van der Waals surface area contributed by atoms with Crippen molar-refractivity contribution in [2.75, 3.05) is 13.6 Å². The molecular weight excluding hydrogens is 405 g/mol. The van der Waals surface area contributed by atoms with Gasteiger partial charge in [0, 0.05) is 16.8 Å². The van der Waals surface area contributed by atoms with Crippen molar-refractivity contribution in [1.82, 2.24) is 9.79 Å². The van der Waals surface area contributed by atoms with Gasteiger partial charge in [0.2, 0.25) is 7.98 Å². The maximum absolute atomic E-state index is 6.15. The van der Waals surface area contributed by atoms with Crippen molar-refractivity contribution in [3.05, 3.63) is 113 Å². The average Bonchev–Trinajstić information content (AvgIpc) is 3.43. The summed E-state index contributed by atoms with van der Waals surface area (Å²) in [5.74, 6) is 0.850.